The summed E-state index contributed by atoms with van der Waals surface area (Å²) in [6.07, 6.45) is 6.59. The Kier molecular flexibility index (Phi) is 5.85. The van der Waals surface area contributed by atoms with Crippen LogP contribution < -0.4 is 10.6 Å². The molecule has 3 atom stereocenters. The van der Waals surface area contributed by atoms with Gasteiger partial charge < -0.3 is 15.5 Å². The summed E-state index contributed by atoms with van der Waals surface area (Å²) in [4.78, 5) is 32.5. The Morgan fingerprint density at radius 3 is 2.44 bits per heavy atom. The van der Waals surface area contributed by atoms with E-state index in [9.17, 15) is 9.59 Å². The summed E-state index contributed by atoms with van der Waals surface area (Å²) in [5.41, 5.74) is 3.35. The topological polar surface area (TPSA) is 74.3 Å². The number of anilines is 1. The van der Waals surface area contributed by atoms with Gasteiger partial charge in [0, 0.05) is 36.4 Å². The molecule has 1 aromatic carbocycles. The highest BCUT2D eigenvalue weighted by Crippen LogP contribution is 2.44. The van der Waals surface area contributed by atoms with Crippen LogP contribution in [0.3, 0.4) is 0 Å². The van der Waals surface area contributed by atoms with Crippen LogP contribution in [0.4, 0.5) is 10.5 Å². The molecule has 2 bridgehead atoms. The number of carbonyl (C=O) groups is 2. The van der Waals surface area contributed by atoms with Crippen LogP contribution in [0.15, 0.2) is 42.5 Å². The molecule has 3 unspecified atom stereocenters. The Balaban J connectivity index is 1.24. The van der Waals surface area contributed by atoms with Gasteiger partial charge in [-0.1, -0.05) is 24.6 Å². The van der Waals surface area contributed by atoms with Gasteiger partial charge in [-0.2, -0.15) is 0 Å². The number of benzene rings is 1. The van der Waals surface area contributed by atoms with Gasteiger partial charge in [0.1, 0.15) is 0 Å². The number of urea groups is 1. The zero-order valence-corrected chi connectivity index (χ0v) is 18.7. The monoisotopic (exact) mass is 432 g/mol. The number of carbonyl (C=O) groups excluding carboxylic acids is 2. The summed E-state index contributed by atoms with van der Waals surface area (Å²) in [6.45, 7) is 3.29. The van der Waals surface area contributed by atoms with Gasteiger partial charge in [0.2, 0.25) is 0 Å². The standard InChI is InChI=1S/C26H32N4O2/c1-17-7-10-22(25(31)29-23-16-18-8-9-20(23)15-18)24(27-17)19-11-13-30(14-12-19)26(32)28-21-5-3-2-4-6-21/h2-7,10,18-20,23H,8-9,11-16H2,1H3,(H,28,32)(H,29,31). The molecule has 0 spiro atoms. The number of para-hydroxylation sites is 1. The van der Waals surface area contributed by atoms with Crippen LogP contribution in [0, 0.1) is 18.8 Å². The minimum absolute atomic E-state index is 0.0225. The first-order valence-electron chi connectivity index (χ1n) is 12.0. The smallest absolute Gasteiger partial charge is 0.321 e. The summed E-state index contributed by atoms with van der Waals surface area (Å²) in [5.74, 6) is 1.66. The van der Waals surface area contributed by atoms with Gasteiger partial charge in [-0.05, 0) is 75.1 Å². The Hall–Kier alpha value is -2.89. The first-order chi connectivity index (χ1) is 15.6. The van der Waals surface area contributed by atoms with Crippen molar-refractivity contribution in [3.05, 3.63) is 59.4 Å². The lowest BCUT2D eigenvalue weighted by Crippen LogP contribution is -2.41. The second-order valence-corrected chi connectivity index (χ2v) is 9.70. The van der Waals surface area contributed by atoms with E-state index in [-0.39, 0.29) is 17.9 Å². The average Bonchev–Trinajstić information content (AvgIpc) is 3.43. The van der Waals surface area contributed by atoms with Crippen LogP contribution in [0.5, 0.6) is 0 Å². The number of hydrogen-bond donors (Lipinski definition) is 2. The highest BCUT2D eigenvalue weighted by Gasteiger charge is 2.40. The van der Waals surface area contributed by atoms with Crippen molar-refractivity contribution in [1.29, 1.82) is 0 Å². The lowest BCUT2D eigenvalue weighted by molar-refractivity contribution is 0.0920. The summed E-state index contributed by atoms with van der Waals surface area (Å²) in [7, 11) is 0. The number of nitrogens with zero attached hydrogens (tertiary/aromatic N) is 2. The third-order valence-electron chi connectivity index (χ3n) is 7.56. The molecule has 6 heteroatoms. The van der Waals surface area contributed by atoms with Gasteiger partial charge in [-0.25, -0.2) is 4.79 Å². The van der Waals surface area contributed by atoms with Crippen molar-refractivity contribution in [2.75, 3.05) is 18.4 Å². The molecule has 1 aliphatic heterocycles. The lowest BCUT2D eigenvalue weighted by atomic mass is 9.89. The number of amides is 3. The van der Waals surface area contributed by atoms with E-state index in [0.717, 1.165) is 42.3 Å². The number of aryl methyl sites for hydroxylation is 1. The van der Waals surface area contributed by atoms with E-state index in [4.69, 9.17) is 4.98 Å². The van der Waals surface area contributed by atoms with Gasteiger partial charge >= 0.3 is 6.03 Å². The molecule has 168 valence electrons. The molecule has 2 N–H and O–H groups in total. The van der Waals surface area contributed by atoms with Crippen molar-refractivity contribution in [2.45, 2.75) is 57.4 Å². The molecule has 0 radical (unpaired) electrons. The molecule has 1 aromatic heterocycles. The SMILES string of the molecule is Cc1ccc(C(=O)NC2CC3CCC2C3)c(C2CCN(C(=O)Nc3ccccc3)CC2)n1. The summed E-state index contributed by atoms with van der Waals surface area (Å²) < 4.78 is 0. The van der Waals surface area contributed by atoms with Crippen LogP contribution in [0.2, 0.25) is 0 Å². The fourth-order valence-electron chi connectivity index (χ4n) is 5.83. The Morgan fingerprint density at radius 1 is 0.969 bits per heavy atom. The van der Waals surface area contributed by atoms with E-state index in [2.05, 4.69) is 10.6 Å². The van der Waals surface area contributed by atoms with E-state index in [1.807, 2.05) is 54.3 Å². The normalized spacial score (nSPS) is 25.0. The molecule has 1 saturated heterocycles. The molecule has 2 saturated carbocycles. The van der Waals surface area contributed by atoms with Crippen molar-refractivity contribution in [3.8, 4) is 0 Å². The predicted octanol–water partition coefficient (Wildman–Crippen LogP) is 4.72. The number of nitrogens with one attached hydrogen (secondary N) is 2. The van der Waals surface area contributed by atoms with Gasteiger partial charge in [-0.3, -0.25) is 9.78 Å². The maximum Gasteiger partial charge on any atom is 0.321 e. The second-order valence-electron chi connectivity index (χ2n) is 9.70. The molecular formula is C26H32N4O2. The van der Waals surface area contributed by atoms with Crippen molar-refractivity contribution in [3.63, 3.8) is 0 Å². The minimum Gasteiger partial charge on any atom is -0.349 e. The van der Waals surface area contributed by atoms with E-state index in [1.165, 1.54) is 19.3 Å². The molecule has 3 aliphatic rings. The molecule has 6 nitrogen and oxygen atoms in total. The van der Waals surface area contributed by atoms with Crippen LogP contribution >= 0.6 is 0 Å². The van der Waals surface area contributed by atoms with E-state index in [1.54, 1.807) is 0 Å². The fourth-order valence-corrected chi connectivity index (χ4v) is 5.83. The highest BCUT2D eigenvalue weighted by molar-refractivity contribution is 5.95. The molecule has 2 heterocycles. The summed E-state index contributed by atoms with van der Waals surface area (Å²) in [5, 5.41) is 6.29. The number of aromatic nitrogens is 1. The number of rotatable bonds is 4. The lowest BCUT2D eigenvalue weighted by Gasteiger charge is -2.32. The van der Waals surface area contributed by atoms with Gasteiger partial charge in [0.15, 0.2) is 0 Å². The third kappa shape index (κ3) is 4.36. The van der Waals surface area contributed by atoms with Crippen LogP contribution in [-0.2, 0) is 0 Å². The van der Waals surface area contributed by atoms with E-state index < -0.39 is 0 Å². The highest BCUT2D eigenvalue weighted by atomic mass is 16.2. The van der Waals surface area contributed by atoms with Gasteiger partial charge in [0.05, 0.1) is 11.3 Å². The Bertz CT molecular complexity index is 985. The summed E-state index contributed by atoms with van der Waals surface area (Å²) in [6, 6.07) is 13.7. The van der Waals surface area contributed by atoms with Crippen LogP contribution in [0.25, 0.3) is 0 Å². The zero-order chi connectivity index (χ0) is 22.1. The van der Waals surface area contributed by atoms with Crippen molar-refractivity contribution in [2.24, 2.45) is 11.8 Å². The molecule has 2 aromatic rings. The molecule has 32 heavy (non-hydrogen) atoms. The maximum atomic E-state index is 13.2. The second kappa shape index (κ2) is 8.93. The molecule has 5 rings (SSSR count). The maximum absolute atomic E-state index is 13.2. The largest absolute Gasteiger partial charge is 0.349 e. The van der Waals surface area contributed by atoms with Crippen molar-refractivity contribution < 1.29 is 9.59 Å². The van der Waals surface area contributed by atoms with Gasteiger partial charge in [-0.15, -0.1) is 0 Å². The molecular weight excluding hydrogens is 400 g/mol. The predicted molar refractivity (Wildman–Crippen MR) is 125 cm³/mol. The van der Waals surface area contributed by atoms with E-state index >= 15 is 0 Å². The Morgan fingerprint density at radius 2 is 1.75 bits per heavy atom. The first-order valence-corrected chi connectivity index (χ1v) is 12.0. The summed E-state index contributed by atoms with van der Waals surface area (Å²) >= 11 is 0. The van der Waals surface area contributed by atoms with Crippen LogP contribution in [0.1, 0.15) is 66.2 Å². The average molecular weight is 433 g/mol. The zero-order valence-electron chi connectivity index (χ0n) is 18.7. The molecule has 2 aliphatic carbocycles. The van der Waals surface area contributed by atoms with Crippen molar-refractivity contribution >= 4 is 17.6 Å². The molecule has 3 amide bonds. The van der Waals surface area contributed by atoms with Gasteiger partial charge in [0.25, 0.3) is 5.91 Å². The number of piperidine rings is 1. The number of fused-ring (bicyclic) bond motifs is 2. The molecule has 3 fully saturated rings. The quantitative estimate of drug-likeness (QED) is 0.734. The number of hydrogen-bond acceptors (Lipinski definition) is 3. The van der Waals surface area contributed by atoms with E-state index in [0.29, 0.717) is 30.6 Å². The van der Waals surface area contributed by atoms with Crippen LogP contribution in [-0.4, -0.2) is 41.0 Å². The number of pyridine rings is 1. The fraction of sp³-hybridized carbons (Fsp3) is 0.500. The minimum atomic E-state index is -0.0684. The third-order valence-corrected chi connectivity index (χ3v) is 7.56. The Labute approximate surface area is 189 Å². The van der Waals surface area contributed by atoms with Crippen molar-refractivity contribution in [1.82, 2.24) is 15.2 Å². The number of likely N-dealkylation sites (tertiary alicyclic amines) is 1. The first kappa shape index (κ1) is 21.0.